The van der Waals surface area contributed by atoms with Gasteiger partial charge in [-0.3, -0.25) is 14.5 Å². The highest BCUT2D eigenvalue weighted by molar-refractivity contribution is 6.00. The molecule has 1 saturated heterocycles. The highest BCUT2D eigenvalue weighted by atomic mass is 16.3. The van der Waals surface area contributed by atoms with Crippen molar-refractivity contribution in [2.24, 2.45) is 5.73 Å². The lowest BCUT2D eigenvalue weighted by Crippen LogP contribution is -2.61. The smallest absolute Gasteiger partial charge is 0.259 e. The van der Waals surface area contributed by atoms with Gasteiger partial charge in [0.15, 0.2) is 5.65 Å². The first kappa shape index (κ1) is 18.3. The number of carbonyl (C=O) groups excluding carboxylic acids is 2. The molecular formula is C17H24N6O3. The van der Waals surface area contributed by atoms with Crippen molar-refractivity contribution in [1.29, 1.82) is 0 Å². The van der Waals surface area contributed by atoms with E-state index in [0.29, 0.717) is 30.7 Å². The van der Waals surface area contributed by atoms with Crippen molar-refractivity contribution >= 4 is 17.5 Å². The molecule has 2 aromatic heterocycles. The van der Waals surface area contributed by atoms with Crippen LogP contribution >= 0.6 is 0 Å². The number of primary amides is 1. The maximum atomic E-state index is 13.0. The quantitative estimate of drug-likeness (QED) is 0.727. The number of hydrogen-bond donors (Lipinski definition) is 2. The Bertz CT molecular complexity index is 818. The lowest BCUT2D eigenvalue weighted by atomic mass is 10.1. The molecule has 0 aliphatic carbocycles. The van der Waals surface area contributed by atoms with Crippen LogP contribution in [0.3, 0.4) is 0 Å². The molecule has 26 heavy (non-hydrogen) atoms. The molecule has 2 amide bonds. The molecule has 0 aromatic carbocycles. The molecule has 1 fully saturated rings. The summed E-state index contributed by atoms with van der Waals surface area (Å²) < 4.78 is 1.54. The van der Waals surface area contributed by atoms with Gasteiger partial charge in [0.1, 0.15) is 11.6 Å². The average molecular weight is 360 g/mol. The van der Waals surface area contributed by atoms with Gasteiger partial charge in [-0.25, -0.2) is 9.50 Å². The third-order valence-corrected chi connectivity index (χ3v) is 4.74. The normalized spacial score (nSPS) is 18.6. The van der Waals surface area contributed by atoms with Gasteiger partial charge in [-0.2, -0.15) is 5.10 Å². The van der Waals surface area contributed by atoms with E-state index in [0.717, 1.165) is 5.56 Å². The number of aromatic nitrogens is 3. The molecule has 3 N–H and O–H groups in total. The molecule has 9 nitrogen and oxygen atoms in total. The average Bonchev–Trinajstić information content (AvgIpc) is 3.04. The summed E-state index contributed by atoms with van der Waals surface area (Å²) in [5.41, 5.74) is 7.23. The zero-order chi connectivity index (χ0) is 18.8. The summed E-state index contributed by atoms with van der Waals surface area (Å²) in [6, 6.07) is -0.327. The molecular weight excluding hydrogens is 336 g/mol. The second kappa shape index (κ2) is 7.38. The zero-order valence-electron chi connectivity index (χ0n) is 15.0. The van der Waals surface area contributed by atoms with Crippen LogP contribution in [0.15, 0.2) is 18.6 Å². The number of piperazine rings is 1. The number of fused-ring (bicyclic) bond motifs is 1. The lowest BCUT2D eigenvalue weighted by molar-refractivity contribution is -0.126. The van der Waals surface area contributed by atoms with Crippen LogP contribution in [0.4, 0.5) is 0 Å². The van der Waals surface area contributed by atoms with Gasteiger partial charge >= 0.3 is 0 Å². The fourth-order valence-corrected chi connectivity index (χ4v) is 3.35. The maximum Gasteiger partial charge on any atom is 0.259 e. The molecule has 0 radical (unpaired) electrons. The minimum Gasteiger partial charge on any atom is -0.396 e. The highest BCUT2D eigenvalue weighted by Crippen LogP contribution is 2.18. The topological polar surface area (TPSA) is 117 Å². The summed E-state index contributed by atoms with van der Waals surface area (Å²) in [7, 11) is 0. The predicted octanol–water partition coefficient (Wildman–Crippen LogP) is -0.716. The summed E-state index contributed by atoms with van der Waals surface area (Å²) in [6.45, 7) is 5.39. The number of aliphatic hydroxyl groups is 1. The van der Waals surface area contributed by atoms with Gasteiger partial charge < -0.3 is 15.7 Å². The molecule has 9 heteroatoms. The van der Waals surface area contributed by atoms with Crippen molar-refractivity contribution in [3.8, 4) is 0 Å². The Hall–Kier alpha value is -2.52. The molecule has 0 bridgehead atoms. The first-order chi connectivity index (χ1) is 12.4. The fraction of sp³-hybridized carbons (Fsp3) is 0.529. The fourth-order valence-electron chi connectivity index (χ4n) is 3.35. The van der Waals surface area contributed by atoms with Crippen LogP contribution in [0.5, 0.6) is 0 Å². The third-order valence-electron chi connectivity index (χ3n) is 4.74. The standard InChI is InChI=1S/C17H24N6O3/c1-11(2)22-5-4-21(10-14(22)15(18)25)17(26)13-8-20-23-9-12(3-6-24)7-19-16(13)23/h7-9,11,14,24H,3-6,10H2,1-2H3,(H2,18,25)/t14-/m0/s1. The van der Waals surface area contributed by atoms with Crippen molar-refractivity contribution in [2.45, 2.75) is 32.4 Å². The van der Waals surface area contributed by atoms with Crippen LogP contribution in [-0.2, 0) is 11.2 Å². The molecule has 1 aliphatic rings. The first-order valence-electron chi connectivity index (χ1n) is 8.69. The summed E-state index contributed by atoms with van der Waals surface area (Å²) in [4.78, 5) is 32.7. The van der Waals surface area contributed by atoms with E-state index in [-0.39, 0.29) is 25.1 Å². The van der Waals surface area contributed by atoms with Gasteiger partial charge in [0.05, 0.1) is 6.20 Å². The molecule has 0 unspecified atom stereocenters. The van der Waals surface area contributed by atoms with Crippen LogP contribution in [0, 0.1) is 0 Å². The van der Waals surface area contributed by atoms with Crippen molar-refractivity contribution in [3.63, 3.8) is 0 Å². The highest BCUT2D eigenvalue weighted by Gasteiger charge is 2.35. The Morgan fingerprint density at radius 1 is 1.35 bits per heavy atom. The molecule has 1 atom stereocenters. The van der Waals surface area contributed by atoms with Gasteiger partial charge in [0.25, 0.3) is 5.91 Å². The van der Waals surface area contributed by atoms with E-state index in [1.807, 2.05) is 18.7 Å². The van der Waals surface area contributed by atoms with Crippen LogP contribution in [0.1, 0.15) is 29.8 Å². The molecule has 3 heterocycles. The summed E-state index contributed by atoms with van der Waals surface area (Å²) in [6.07, 6.45) is 5.34. The van der Waals surface area contributed by atoms with Crippen molar-refractivity contribution in [2.75, 3.05) is 26.2 Å². The maximum absolute atomic E-state index is 13.0. The number of aliphatic hydroxyl groups excluding tert-OH is 1. The Balaban J connectivity index is 1.83. The number of rotatable bonds is 5. The number of carbonyl (C=O) groups is 2. The summed E-state index contributed by atoms with van der Waals surface area (Å²) >= 11 is 0. The van der Waals surface area contributed by atoms with Crippen LogP contribution in [0.2, 0.25) is 0 Å². The second-order valence-electron chi connectivity index (χ2n) is 6.76. The minimum atomic E-state index is -0.501. The van der Waals surface area contributed by atoms with Crippen LogP contribution < -0.4 is 5.73 Å². The van der Waals surface area contributed by atoms with E-state index in [1.54, 1.807) is 17.3 Å². The Morgan fingerprint density at radius 2 is 2.12 bits per heavy atom. The number of nitrogens with two attached hydrogens (primary N) is 1. The third kappa shape index (κ3) is 3.40. The van der Waals surface area contributed by atoms with E-state index in [9.17, 15) is 9.59 Å². The molecule has 0 spiro atoms. The number of nitrogens with zero attached hydrogens (tertiary/aromatic N) is 5. The molecule has 0 saturated carbocycles. The molecule has 1 aliphatic heterocycles. The molecule has 3 rings (SSSR count). The largest absolute Gasteiger partial charge is 0.396 e. The first-order valence-corrected chi connectivity index (χ1v) is 8.69. The van der Waals surface area contributed by atoms with Gasteiger partial charge in [0.2, 0.25) is 5.91 Å². The van der Waals surface area contributed by atoms with Gasteiger partial charge in [-0.1, -0.05) is 0 Å². The van der Waals surface area contributed by atoms with E-state index in [2.05, 4.69) is 10.1 Å². The second-order valence-corrected chi connectivity index (χ2v) is 6.76. The Kier molecular flexibility index (Phi) is 5.19. The lowest BCUT2D eigenvalue weighted by Gasteiger charge is -2.41. The monoisotopic (exact) mass is 360 g/mol. The Morgan fingerprint density at radius 3 is 2.77 bits per heavy atom. The zero-order valence-corrected chi connectivity index (χ0v) is 15.0. The van der Waals surface area contributed by atoms with Crippen LogP contribution in [0.25, 0.3) is 5.65 Å². The van der Waals surface area contributed by atoms with Crippen molar-refractivity contribution in [1.82, 2.24) is 24.4 Å². The Labute approximate surface area is 151 Å². The van der Waals surface area contributed by atoms with E-state index in [4.69, 9.17) is 10.8 Å². The van der Waals surface area contributed by atoms with Crippen molar-refractivity contribution in [3.05, 3.63) is 29.7 Å². The SMILES string of the molecule is CC(C)N1CCN(C(=O)c2cnn3cc(CCO)cnc23)C[C@H]1C(N)=O. The van der Waals surface area contributed by atoms with Crippen molar-refractivity contribution < 1.29 is 14.7 Å². The van der Waals surface area contributed by atoms with E-state index >= 15 is 0 Å². The van der Waals surface area contributed by atoms with E-state index in [1.165, 1.54) is 10.7 Å². The van der Waals surface area contributed by atoms with Crippen LogP contribution in [-0.4, -0.2) is 79.6 Å². The number of hydrogen-bond acceptors (Lipinski definition) is 6. The van der Waals surface area contributed by atoms with Gasteiger partial charge in [-0.15, -0.1) is 0 Å². The minimum absolute atomic E-state index is 0.0227. The van der Waals surface area contributed by atoms with Gasteiger partial charge in [0, 0.05) is 44.7 Å². The van der Waals surface area contributed by atoms with E-state index < -0.39 is 11.9 Å². The summed E-state index contributed by atoms with van der Waals surface area (Å²) in [5.74, 6) is -0.639. The number of amides is 2. The molecule has 2 aromatic rings. The predicted molar refractivity (Wildman–Crippen MR) is 94.5 cm³/mol. The summed E-state index contributed by atoms with van der Waals surface area (Å²) in [5, 5.41) is 13.2. The van der Waals surface area contributed by atoms with Gasteiger partial charge in [-0.05, 0) is 25.8 Å². The molecule has 140 valence electrons.